The van der Waals surface area contributed by atoms with Gasteiger partial charge in [0.05, 0.1) is 16.5 Å². The molecule has 0 aromatic heterocycles. The van der Waals surface area contributed by atoms with Crippen LogP contribution in [0, 0.1) is 0 Å². The Bertz CT molecular complexity index is 801. The standard InChI is InChI=1S/C17H19NO4S/c1-12(13-7-4-3-5-8-13)17(19)22-11-14-9-6-10-15(16(14)18)23(2,20)21/h3-10,12H,11,18H2,1-2H3/t12-/m0/s1. The fourth-order valence-electron chi connectivity index (χ4n) is 2.19. The normalized spacial score (nSPS) is 12.6. The Morgan fingerprint density at radius 2 is 1.78 bits per heavy atom. The van der Waals surface area contributed by atoms with Crippen LogP contribution in [0.5, 0.6) is 0 Å². The van der Waals surface area contributed by atoms with Crippen molar-refractivity contribution in [3.63, 3.8) is 0 Å². The first-order chi connectivity index (χ1) is 10.8. The van der Waals surface area contributed by atoms with Crippen LogP contribution >= 0.6 is 0 Å². The number of para-hydroxylation sites is 1. The van der Waals surface area contributed by atoms with E-state index in [0.29, 0.717) is 5.56 Å². The van der Waals surface area contributed by atoms with Gasteiger partial charge in [0, 0.05) is 11.8 Å². The van der Waals surface area contributed by atoms with Crippen molar-refractivity contribution in [2.45, 2.75) is 24.3 Å². The molecule has 0 fully saturated rings. The van der Waals surface area contributed by atoms with E-state index in [1.54, 1.807) is 19.1 Å². The third-order valence-electron chi connectivity index (χ3n) is 3.58. The molecule has 0 saturated heterocycles. The molecule has 5 nitrogen and oxygen atoms in total. The van der Waals surface area contributed by atoms with Crippen LogP contribution in [0.4, 0.5) is 5.69 Å². The largest absolute Gasteiger partial charge is 0.460 e. The number of esters is 1. The molecule has 0 radical (unpaired) electrons. The predicted octanol–water partition coefficient (Wildman–Crippen LogP) is 2.52. The van der Waals surface area contributed by atoms with Gasteiger partial charge in [-0.25, -0.2) is 8.42 Å². The zero-order chi connectivity index (χ0) is 17.0. The summed E-state index contributed by atoms with van der Waals surface area (Å²) in [5.41, 5.74) is 7.32. The van der Waals surface area contributed by atoms with Gasteiger partial charge in [0.25, 0.3) is 0 Å². The maximum Gasteiger partial charge on any atom is 0.313 e. The summed E-state index contributed by atoms with van der Waals surface area (Å²) in [7, 11) is -3.42. The lowest BCUT2D eigenvalue weighted by atomic mass is 10.0. The molecule has 0 aliphatic heterocycles. The van der Waals surface area contributed by atoms with E-state index in [1.807, 2.05) is 30.3 Å². The maximum absolute atomic E-state index is 12.1. The molecule has 0 amide bonds. The van der Waals surface area contributed by atoms with Gasteiger partial charge < -0.3 is 10.5 Å². The SMILES string of the molecule is C[C@H](C(=O)OCc1cccc(S(C)(=O)=O)c1N)c1ccccc1. The van der Waals surface area contributed by atoms with Crippen LogP contribution in [0.25, 0.3) is 0 Å². The number of rotatable bonds is 5. The van der Waals surface area contributed by atoms with Gasteiger partial charge in [-0.1, -0.05) is 42.5 Å². The number of hydrogen-bond donors (Lipinski definition) is 1. The highest BCUT2D eigenvalue weighted by Gasteiger charge is 2.18. The minimum Gasteiger partial charge on any atom is -0.460 e. The van der Waals surface area contributed by atoms with Crippen molar-refractivity contribution in [1.29, 1.82) is 0 Å². The van der Waals surface area contributed by atoms with Crippen LogP contribution in [0.15, 0.2) is 53.4 Å². The third-order valence-corrected chi connectivity index (χ3v) is 4.73. The molecule has 0 spiro atoms. The van der Waals surface area contributed by atoms with E-state index in [1.165, 1.54) is 6.07 Å². The average molecular weight is 333 g/mol. The topological polar surface area (TPSA) is 86.5 Å². The Morgan fingerprint density at radius 1 is 1.13 bits per heavy atom. The first kappa shape index (κ1) is 17.0. The van der Waals surface area contributed by atoms with Crippen molar-refractivity contribution in [2.24, 2.45) is 0 Å². The van der Waals surface area contributed by atoms with Crippen molar-refractivity contribution in [3.8, 4) is 0 Å². The second-order valence-electron chi connectivity index (χ2n) is 5.34. The van der Waals surface area contributed by atoms with Crippen LogP contribution in [-0.2, 0) is 26.0 Å². The summed E-state index contributed by atoms with van der Waals surface area (Å²) >= 11 is 0. The van der Waals surface area contributed by atoms with E-state index in [4.69, 9.17) is 10.5 Å². The number of carbonyl (C=O) groups is 1. The molecule has 0 unspecified atom stereocenters. The quantitative estimate of drug-likeness (QED) is 0.671. The minimum atomic E-state index is -3.42. The fourth-order valence-corrected chi connectivity index (χ4v) is 3.05. The Morgan fingerprint density at radius 3 is 2.39 bits per heavy atom. The molecule has 0 heterocycles. The Labute approximate surface area is 136 Å². The van der Waals surface area contributed by atoms with Gasteiger partial charge in [0.15, 0.2) is 9.84 Å². The second kappa shape index (κ2) is 6.83. The van der Waals surface area contributed by atoms with Crippen molar-refractivity contribution in [2.75, 3.05) is 12.0 Å². The Hall–Kier alpha value is -2.34. The molecule has 2 rings (SSSR count). The minimum absolute atomic E-state index is 0.0437. The zero-order valence-corrected chi connectivity index (χ0v) is 13.8. The summed E-state index contributed by atoms with van der Waals surface area (Å²) in [5, 5.41) is 0. The van der Waals surface area contributed by atoms with Crippen LogP contribution in [0.2, 0.25) is 0 Å². The van der Waals surface area contributed by atoms with Crippen LogP contribution < -0.4 is 5.73 Å². The van der Waals surface area contributed by atoms with Gasteiger partial charge in [0.2, 0.25) is 0 Å². The molecule has 1 atom stereocenters. The maximum atomic E-state index is 12.1. The molecule has 0 aliphatic rings. The first-order valence-corrected chi connectivity index (χ1v) is 8.99. The van der Waals surface area contributed by atoms with E-state index in [2.05, 4.69) is 0 Å². The smallest absolute Gasteiger partial charge is 0.313 e. The highest BCUT2D eigenvalue weighted by Crippen LogP contribution is 2.24. The van der Waals surface area contributed by atoms with Gasteiger partial charge in [0.1, 0.15) is 6.61 Å². The molecular formula is C17H19NO4S. The van der Waals surface area contributed by atoms with E-state index in [9.17, 15) is 13.2 Å². The number of ether oxygens (including phenoxy) is 1. The number of nitrogen functional groups attached to an aromatic ring is 1. The highest BCUT2D eigenvalue weighted by atomic mass is 32.2. The predicted molar refractivity (Wildman–Crippen MR) is 88.6 cm³/mol. The number of nitrogens with two attached hydrogens (primary N) is 1. The van der Waals surface area contributed by atoms with Gasteiger partial charge in [-0.15, -0.1) is 0 Å². The summed E-state index contributed by atoms with van der Waals surface area (Å²) in [6, 6.07) is 13.9. The molecule has 23 heavy (non-hydrogen) atoms. The van der Waals surface area contributed by atoms with E-state index < -0.39 is 15.8 Å². The molecule has 6 heteroatoms. The number of sulfone groups is 1. The summed E-state index contributed by atoms with van der Waals surface area (Å²) in [6.45, 7) is 1.69. The molecular weight excluding hydrogens is 314 g/mol. The van der Waals surface area contributed by atoms with Gasteiger partial charge in [-0.05, 0) is 18.6 Å². The fraction of sp³-hybridized carbons (Fsp3) is 0.235. The number of benzene rings is 2. The molecule has 2 aromatic carbocycles. The van der Waals surface area contributed by atoms with Crippen molar-refractivity contribution in [1.82, 2.24) is 0 Å². The van der Waals surface area contributed by atoms with Gasteiger partial charge in [-0.3, -0.25) is 4.79 Å². The van der Waals surface area contributed by atoms with Crippen LogP contribution in [0.1, 0.15) is 24.0 Å². The third kappa shape index (κ3) is 4.10. The highest BCUT2D eigenvalue weighted by molar-refractivity contribution is 7.90. The summed E-state index contributed by atoms with van der Waals surface area (Å²) in [4.78, 5) is 12.2. The molecule has 2 aromatic rings. The lowest BCUT2D eigenvalue weighted by molar-refractivity contribution is -0.146. The number of hydrogen-bond acceptors (Lipinski definition) is 5. The number of carbonyl (C=O) groups excluding carboxylic acids is 1. The van der Waals surface area contributed by atoms with Crippen LogP contribution in [-0.4, -0.2) is 20.6 Å². The Balaban J connectivity index is 2.11. The van der Waals surface area contributed by atoms with E-state index in [-0.39, 0.29) is 23.2 Å². The van der Waals surface area contributed by atoms with E-state index >= 15 is 0 Å². The molecule has 2 N–H and O–H groups in total. The van der Waals surface area contributed by atoms with Gasteiger partial charge >= 0.3 is 5.97 Å². The summed E-state index contributed by atoms with van der Waals surface area (Å²) in [6.07, 6.45) is 1.09. The molecule has 0 aliphatic carbocycles. The van der Waals surface area contributed by atoms with Crippen molar-refractivity contribution < 1.29 is 17.9 Å². The molecule has 0 bridgehead atoms. The molecule has 0 saturated carbocycles. The lowest BCUT2D eigenvalue weighted by Gasteiger charge is -2.14. The van der Waals surface area contributed by atoms with Crippen molar-refractivity contribution in [3.05, 3.63) is 59.7 Å². The second-order valence-corrected chi connectivity index (χ2v) is 7.33. The van der Waals surface area contributed by atoms with Crippen molar-refractivity contribution >= 4 is 21.5 Å². The summed E-state index contributed by atoms with van der Waals surface area (Å²) in [5.74, 6) is -0.795. The Kier molecular flexibility index (Phi) is 5.05. The lowest BCUT2D eigenvalue weighted by Crippen LogP contribution is -2.14. The van der Waals surface area contributed by atoms with Gasteiger partial charge in [-0.2, -0.15) is 0 Å². The summed E-state index contributed by atoms with van der Waals surface area (Å²) < 4.78 is 28.6. The zero-order valence-electron chi connectivity index (χ0n) is 13.0. The molecule has 122 valence electrons. The van der Waals surface area contributed by atoms with Crippen LogP contribution in [0.3, 0.4) is 0 Å². The number of anilines is 1. The first-order valence-electron chi connectivity index (χ1n) is 7.09. The van der Waals surface area contributed by atoms with E-state index in [0.717, 1.165) is 11.8 Å². The average Bonchev–Trinajstić information content (AvgIpc) is 2.52. The monoisotopic (exact) mass is 333 g/mol.